The van der Waals surface area contributed by atoms with Crippen molar-refractivity contribution in [2.45, 2.75) is 39.7 Å². The number of benzene rings is 2. The molecule has 0 aromatic heterocycles. The second-order valence-corrected chi connectivity index (χ2v) is 8.48. The van der Waals surface area contributed by atoms with Crippen LogP contribution in [-0.4, -0.2) is 33.2 Å². The minimum atomic E-state index is -1.36. The van der Waals surface area contributed by atoms with E-state index in [9.17, 15) is 24.0 Å². The Hall–Kier alpha value is -0.890. The Labute approximate surface area is 190 Å². The number of aliphatic hydroxyl groups excluding tert-OH is 1. The average Bonchev–Trinajstić information content (AvgIpc) is 2.55. The monoisotopic (exact) mass is 414 g/mol. The molecule has 2 atom stereocenters. The molecule has 2 aromatic rings. The van der Waals surface area contributed by atoms with Crippen molar-refractivity contribution >= 4 is 17.1 Å². The molecule has 2 unspecified atom stereocenters. The van der Waals surface area contributed by atoms with E-state index in [4.69, 9.17) is 0 Å². The summed E-state index contributed by atoms with van der Waals surface area (Å²) in [7, 11) is 0. The summed E-state index contributed by atoms with van der Waals surface area (Å²) in [4.78, 5) is 10.5. The van der Waals surface area contributed by atoms with E-state index in [1.54, 1.807) is 19.1 Å². The molecule has 0 aliphatic rings. The number of aryl methyl sites for hydroxylation is 3. The normalized spacial score (nSPS) is 12.9. The minimum Gasteiger partial charge on any atom is -0.616 e. The molecule has 0 spiro atoms. The molecule has 0 aliphatic heterocycles. The molecule has 0 radical (unpaired) electrons. The van der Waals surface area contributed by atoms with E-state index in [2.05, 4.69) is 0 Å². The Bertz CT molecular complexity index is 828. The van der Waals surface area contributed by atoms with Crippen LogP contribution in [-0.2, 0) is 22.4 Å². The van der Waals surface area contributed by atoms with E-state index >= 15 is 0 Å². The zero-order chi connectivity index (χ0) is 20.1. The first-order valence-corrected chi connectivity index (χ1v) is 10.3. The number of hydrogen-bond donors (Lipinski definition) is 1. The van der Waals surface area contributed by atoms with Gasteiger partial charge in [0.1, 0.15) is 23.4 Å². The summed E-state index contributed by atoms with van der Waals surface area (Å²) >= 11 is -1.35. The van der Waals surface area contributed by atoms with Crippen LogP contribution >= 0.6 is 0 Å². The number of carboxylic acid groups (broad SMARTS) is 1. The molecule has 0 amide bonds. The van der Waals surface area contributed by atoms with Gasteiger partial charge in [-0.25, -0.2) is 4.39 Å². The quantitative estimate of drug-likeness (QED) is 0.454. The van der Waals surface area contributed by atoms with Crippen molar-refractivity contribution in [2.24, 2.45) is 0 Å². The maximum atomic E-state index is 13.6. The van der Waals surface area contributed by atoms with Crippen LogP contribution in [0.3, 0.4) is 0 Å². The third kappa shape index (κ3) is 7.17. The summed E-state index contributed by atoms with van der Waals surface area (Å²) in [5.74, 6) is -1.40. The molecule has 28 heavy (non-hydrogen) atoms. The van der Waals surface area contributed by atoms with E-state index in [1.165, 1.54) is 6.07 Å². The zero-order valence-corrected chi connectivity index (χ0v) is 19.6. The fourth-order valence-corrected chi connectivity index (χ4v) is 4.31. The van der Waals surface area contributed by atoms with Crippen LogP contribution in [0.1, 0.15) is 28.7 Å². The summed E-state index contributed by atoms with van der Waals surface area (Å²) < 4.78 is 25.9. The van der Waals surface area contributed by atoms with Gasteiger partial charge >= 0.3 is 29.6 Å². The van der Waals surface area contributed by atoms with Gasteiger partial charge in [0.25, 0.3) is 0 Å². The van der Waals surface area contributed by atoms with Crippen LogP contribution < -0.4 is 34.7 Å². The van der Waals surface area contributed by atoms with Crippen LogP contribution in [0.15, 0.2) is 30.3 Å². The van der Waals surface area contributed by atoms with E-state index in [1.807, 2.05) is 26.0 Å². The molecule has 0 bridgehead atoms. The van der Waals surface area contributed by atoms with E-state index in [0.29, 0.717) is 17.7 Å². The molecule has 4 nitrogen and oxygen atoms in total. The van der Waals surface area contributed by atoms with E-state index in [-0.39, 0.29) is 41.1 Å². The van der Waals surface area contributed by atoms with Gasteiger partial charge in [0.05, 0.1) is 0 Å². The summed E-state index contributed by atoms with van der Waals surface area (Å²) in [5.41, 5.74) is 5.60. The number of carbonyl (C=O) groups is 1. The molecule has 2 rings (SSSR count). The summed E-state index contributed by atoms with van der Waals surface area (Å²) in [6.45, 7) is 5.69. The maximum Gasteiger partial charge on any atom is 1.00 e. The Morgan fingerprint density at radius 2 is 1.86 bits per heavy atom. The summed E-state index contributed by atoms with van der Waals surface area (Å²) in [6, 6.07) is 9.06. The van der Waals surface area contributed by atoms with Crippen molar-refractivity contribution in [3.8, 4) is 11.1 Å². The first-order valence-electron chi connectivity index (χ1n) is 8.77. The molecular weight excluding hydrogens is 390 g/mol. The summed E-state index contributed by atoms with van der Waals surface area (Å²) in [6.07, 6.45) is -1.17. The van der Waals surface area contributed by atoms with Crippen molar-refractivity contribution in [1.82, 2.24) is 0 Å². The minimum absolute atomic E-state index is 0. The van der Waals surface area contributed by atoms with Crippen molar-refractivity contribution in [1.29, 1.82) is 0 Å². The van der Waals surface area contributed by atoms with Crippen LogP contribution in [0, 0.1) is 26.6 Å². The second-order valence-electron chi connectivity index (χ2n) is 6.86. The first kappa shape index (κ1) is 25.1. The van der Waals surface area contributed by atoms with Crippen LogP contribution in [0.5, 0.6) is 0 Å². The smallest absolute Gasteiger partial charge is 0.616 e. The average molecular weight is 414 g/mol. The van der Waals surface area contributed by atoms with Gasteiger partial charge in [-0.3, -0.25) is 0 Å². The molecule has 0 saturated carbocycles. The molecule has 146 valence electrons. The molecule has 0 saturated heterocycles. The Balaban J connectivity index is 0.00000392. The second kappa shape index (κ2) is 11.3. The molecule has 1 N–H and O–H groups in total. The third-order valence-electron chi connectivity index (χ3n) is 4.45. The molecule has 0 fully saturated rings. The van der Waals surface area contributed by atoms with Gasteiger partial charge in [-0.15, -0.1) is 0 Å². The van der Waals surface area contributed by atoms with Crippen molar-refractivity contribution < 1.29 is 53.5 Å². The van der Waals surface area contributed by atoms with E-state index in [0.717, 1.165) is 27.8 Å². The molecule has 2 aromatic carbocycles. The standard InChI is InChI=1S/C21H25FO4S.Na/c1-13-8-14(2)18(6-7-27(26)12-17(23)11-21(24)25)19(9-13)16-4-5-20(22)15(3)10-16;/h4-5,8-10,17,23H,6-7,11-12H2,1-3H3,(H,24,25);/q;+1/p-1. The van der Waals surface area contributed by atoms with Gasteiger partial charge in [-0.1, -0.05) is 34.9 Å². The van der Waals surface area contributed by atoms with Gasteiger partial charge in [-0.05, 0) is 60.7 Å². The predicted octanol–water partition coefficient (Wildman–Crippen LogP) is -0.786. The van der Waals surface area contributed by atoms with Gasteiger partial charge in [0, 0.05) is 18.8 Å². The van der Waals surface area contributed by atoms with Crippen LogP contribution in [0.4, 0.5) is 4.39 Å². The number of carboxylic acids is 1. The van der Waals surface area contributed by atoms with Crippen LogP contribution in [0.2, 0.25) is 0 Å². The number of hydrogen-bond acceptors (Lipinski definition) is 4. The zero-order valence-electron chi connectivity index (χ0n) is 16.8. The SMILES string of the molecule is Cc1cc(C)c(CC[S+]([O-])CC(O)CC(=O)[O-])c(-c2ccc(F)c(C)c2)c1.[Na+]. The maximum absolute atomic E-state index is 13.6. The van der Waals surface area contributed by atoms with E-state index < -0.39 is 29.7 Å². The topological polar surface area (TPSA) is 83.4 Å². The fraction of sp³-hybridized carbons (Fsp3) is 0.381. The largest absolute Gasteiger partial charge is 1.00 e. The number of rotatable bonds is 8. The number of aliphatic carboxylic acids is 1. The van der Waals surface area contributed by atoms with Gasteiger partial charge in [-0.2, -0.15) is 0 Å². The van der Waals surface area contributed by atoms with Crippen molar-refractivity contribution in [3.63, 3.8) is 0 Å². The van der Waals surface area contributed by atoms with Crippen molar-refractivity contribution in [3.05, 3.63) is 58.4 Å². The fourth-order valence-electron chi connectivity index (χ4n) is 3.16. The number of carbonyl (C=O) groups excluding carboxylic acids is 1. The van der Waals surface area contributed by atoms with Gasteiger partial charge in [0.2, 0.25) is 0 Å². The Kier molecular flexibility index (Phi) is 10.2. The van der Waals surface area contributed by atoms with Gasteiger partial charge < -0.3 is 19.6 Å². The predicted molar refractivity (Wildman–Crippen MR) is 103 cm³/mol. The molecule has 0 heterocycles. The molecular formula is C21H24FNaO4S. The van der Waals surface area contributed by atoms with Crippen LogP contribution in [0.25, 0.3) is 11.1 Å². The Morgan fingerprint density at radius 3 is 2.46 bits per heavy atom. The third-order valence-corrected chi connectivity index (χ3v) is 5.86. The van der Waals surface area contributed by atoms with Crippen molar-refractivity contribution in [2.75, 3.05) is 11.5 Å². The molecule has 7 heteroatoms. The number of halogens is 1. The Morgan fingerprint density at radius 1 is 1.18 bits per heavy atom. The van der Waals surface area contributed by atoms with Gasteiger partial charge in [0.15, 0.2) is 0 Å². The molecule has 0 aliphatic carbocycles. The summed E-state index contributed by atoms with van der Waals surface area (Å²) in [5, 5.41) is 20.1. The first-order chi connectivity index (χ1) is 12.7. The number of aliphatic hydroxyl groups is 1.